The molecule has 0 fully saturated rings. The molecular weight excluding hydrogens is 255 g/mol. The van der Waals surface area contributed by atoms with E-state index in [1.165, 1.54) is 19.1 Å². The maximum absolute atomic E-state index is 12.7. The smallest absolute Gasteiger partial charge is 0.147 e. The second-order valence-corrected chi connectivity index (χ2v) is 4.07. The predicted molar refractivity (Wildman–Crippen MR) is 56.0 cm³/mol. The van der Waals surface area contributed by atoms with Crippen LogP contribution in [0.4, 0.5) is 4.39 Å². The molecule has 1 aromatic rings. The van der Waals surface area contributed by atoms with Crippen molar-refractivity contribution < 1.29 is 9.18 Å². The zero-order valence-corrected chi connectivity index (χ0v) is 9.40. The summed E-state index contributed by atoms with van der Waals surface area (Å²) in [5, 5.41) is 0. The van der Waals surface area contributed by atoms with Crippen LogP contribution in [0.15, 0.2) is 23.1 Å². The van der Waals surface area contributed by atoms with Gasteiger partial charge in [-0.25, -0.2) is 4.39 Å². The minimum Gasteiger partial charge on any atom is -0.298 e. The molecule has 4 heteroatoms. The Bertz CT molecular complexity index is 340. The lowest BCUT2D eigenvalue weighted by Gasteiger charge is -2.08. The topological polar surface area (TPSA) is 17.1 Å². The van der Waals surface area contributed by atoms with Gasteiger partial charge in [-0.3, -0.25) is 4.79 Å². The Hall–Kier alpha value is -0.350. The van der Waals surface area contributed by atoms with Crippen molar-refractivity contribution in [1.29, 1.82) is 0 Å². The Morgan fingerprint density at radius 2 is 2.23 bits per heavy atom. The molecule has 0 spiro atoms. The lowest BCUT2D eigenvalue weighted by atomic mass is 10.1. The monoisotopic (exact) mass is 262 g/mol. The van der Waals surface area contributed by atoms with E-state index in [0.29, 0.717) is 10.5 Å². The van der Waals surface area contributed by atoms with Crippen LogP contribution in [0.2, 0.25) is 0 Å². The Labute approximate surface area is 89.9 Å². The zero-order chi connectivity index (χ0) is 10.0. The van der Waals surface area contributed by atoms with E-state index in [2.05, 4.69) is 28.6 Å². The van der Waals surface area contributed by atoms with E-state index in [1.807, 2.05) is 0 Å². The highest BCUT2D eigenvalue weighted by Gasteiger charge is 2.15. The van der Waals surface area contributed by atoms with Gasteiger partial charge in [0, 0.05) is 4.90 Å². The molecule has 0 radical (unpaired) electrons. The molecule has 0 saturated heterocycles. The van der Waals surface area contributed by atoms with Crippen molar-refractivity contribution >= 4 is 34.3 Å². The van der Waals surface area contributed by atoms with E-state index >= 15 is 0 Å². The molecule has 0 bridgehead atoms. The highest BCUT2D eigenvalue weighted by Crippen LogP contribution is 2.29. The first-order valence-electron chi connectivity index (χ1n) is 3.65. The van der Waals surface area contributed by atoms with Gasteiger partial charge in [-0.15, -0.1) is 12.6 Å². The first kappa shape index (κ1) is 10.7. The van der Waals surface area contributed by atoms with Crippen LogP contribution in [0.25, 0.3) is 0 Å². The summed E-state index contributed by atoms with van der Waals surface area (Å²) in [5.41, 5.74) is 0.692. The van der Waals surface area contributed by atoms with Crippen LogP contribution in [0.3, 0.4) is 0 Å². The lowest BCUT2D eigenvalue weighted by molar-refractivity contribution is -0.116. The van der Waals surface area contributed by atoms with E-state index in [0.717, 1.165) is 0 Å². The molecule has 0 aliphatic rings. The quantitative estimate of drug-likeness (QED) is 0.640. The Morgan fingerprint density at radius 3 is 2.69 bits per heavy atom. The van der Waals surface area contributed by atoms with Crippen LogP contribution in [-0.4, -0.2) is 5.78 Å². The number of rotatable bonds is 2. The number of benzene rings is 1. The summed E-state index contributed by atoms with van der Waals surface area (Å²) in [4.78, 5) is 11.1. The zero-order valence-electron chi connectivity index (χ0n) is 6.92. The average molecular weight is 263 g/mol. The lowest BCUT2D eigenvalue weighted by Crippen LogP contribution is -2.02. The molecule has 70 valence electrons. The third-order valence-electron chi connectivity index (χ3n) is 1.62. The molecule has 0 N–H and O–H groups in total. The van der Waals surface area contributed by atoms with Crippen molar-refractivity contribution in [2.24, 2.45) is 0 Å². The van der Waals surface area contributed by atoms with Crippen molar-refractivity contribution in [3.63, 3.8) is 0 Å². The van der Waals surface area contributed by atoms with Crippen LogP contribution in [-0.2, 0) is 4.79 Å². The van der Waals surface area contributed by atoms with Crippen LogP contribution < -0.4 is 0 Å². The molecule has 0 heterocycles. The van der Waals surface area contributed by atoms with E-state index in [-0.39, 0.29) is 11.6 Å². The number of Topliss-reactive ketones (excluding diaryl/α,β-unsaturated/α-hetero) is 1. The van der Waals surface area contributed by atoms with Crippen molar-refractivity contribution in [2.75, 3.05) is 0 Å². The van der Waals surface area contributed by atoms with Gasteiger partial charge < -0.3 is 0 Å². The summed E-state index contributed by atoms with van der Waals surface area (Å²) < 4.78 is 12.7. The van der Waals surface area contributed by atoms with Gasteiger partial charge in [-0.2, -0.15) is 0 Å². The number of hydrogen-bond donors (Lipinski definition) is 1. The summed E-state index contributed by atoms with van der Waals surface area (Å²) in [6.45, 7) is 1.47. The fourth-order valence-electron chi connectivity index (χ4n) is 0.950. The van der Waals surface area contributed by atoms with E-state index < -0.39 is 4.83 Å². The number of alkyl halides is 1. The van der Waals surface area contributed by atoms with Crippen LogP contribution in [0.5, 0.6) is 0 Å². The molecule has 1 unspecified atom stereocenters. The second kappa shape index (κ2) is 4.24. The summed E-state index contributed by atoms with van der Waals surface area (Å²) >= 11 is 7.28. The summed E-state index contributed by atoms with van der Waals surface area (Å²) in [6.07, 6.45) is 0. The van der Waals surface area contributed by atoms with Gasteiger partial charge >= 0.3 is 0 Å². The minimum absolute atomic E-state index is 0.0260. The number of ketones is 1. The molecule has 1 atom stereocenters. The number of carbonyl (C=O) groups excluding carboxylic acids is 1. The minimum atomic E-state index is -0.402. The maximum atomic E-state index is 12.7. The first-order chi connectivity index (χ1) is 6.02. The van der Waals surface area contributed by atoms with Crippen molar-refractivity contribution in [2.45, 2.75) is 16.6 Å². The predicted octanol–water partition coefficient (Wildman–Crippen LogP) is 3.14. The summed E-state index contributed by atoms with van der Waals surface area (Å²) in [5.74, 6) is -0.376. The number of thiol groups is 1. The highest BCUT2D eigenvalue weighted by atomic mass is 79.9. The third kappa shape index (κ3) is 2.54. The number of hydrogen-bond acceptors (Lipinski definition) is 2. The fraction of sp³-hybridized carbons (Fsp3) is 0.222. The number of halogens is 2. The molecule has 0 aromatic heterocycles. The van der Waals surface area contributed by atoms with E-state index in [4.69, 9.17) is 0 Å². The average Bonchev–Trinajstić information content (AvgIpc) is 2.03. The Kier molecular flexibility index (Phi) is 3.50. The van der Waals surface area contributed by atoms with Gasteiger partial charge in [0.25, 0.3) is 0 Å². The Balaban J connectivity index is 3.08. The molecule has 0 amide bonds. The van der Waals surface area contributed by atoms with Crippen LogP contribution >= 0.6 is 28.6 Å². The van der Waals surface area contributed by atoms with Gasteiger partial charge in [-0.05, 0) is 24.6 Å². The third-order valence-corrected chi connectivity index (χ3v) is 3.15. The molecule has 0 aliphatic carbocycles. The van der Waals surface area contributed by atoms with E-state index in [9.17, 15) is 9.18 Å². The molecular formula is C9H8BrFOS. The maximum Gasteiger partial charge on any atom is 0.147 e. The molecule has 13 heavy (non-hydrogen) atoms. The molecule has 1 rings (SSSR count). The van der Waals surface area contributed by atoms with Gasteiger partial charge in [0.05, 0.1) is 4.83 Å². The molecule has 1 aromatic carbocycles. The fourth-order valence-corrected chi connectivity index (χ4v) is 1.85. The van der Waals surface area contributed by atoms with E-state index in [1.54, 1.807) is 6.07 Å². The van der Waals surface area contributed by atoms with Gasteiger partial charge in [0.15, 0.2) is 0 Å². The molecule has 0 saturated carbocycles. The van der Waals surface area contributed by atoms with Crippen molar-refractivity contribution in [1.82, 2.24) is 0 Å². The molecule has 1 nitrogen and oxygen atoms in total. The SMILES string of the molecule is CC(=O)C(Br)c1ccc(F)cc1S. The van der Waals surface area contributed by atoms with Crippen molar-refractivity contribution in [3.05, 3.63) is 29.6 Å². The normalized spacial score (nSPS) is 12.6. The van der Waals surface area contributed by atoms with Gasteiger partial charge in [0.1, 0.15) is 11.6 Å². The van der Waals surface area contributed by atoms with Gasteiger partial charge in [-0.1, -0.05) is 22.0 Å². The number of carbonyl (C=O) groups is 1. The van der Waals surface area contributed by atoms with Gasteiger partial charge in [0.2, 0.25) is 0 Å². The molecule has 0 aliphatic heterocycles. The van der Waals surface area contributed by atoms with Crippen molar-refractivity contribution in [3.8, 4) is 0 Å². The standard InChI is InChI=1S/C9H8BrFOS/c1-5(12)9(10)7-3-2-6(11)4-8(7)13/h2-4,9,13H,1H3. The largest absolute Gasteiger partial charge is 0.298 e. The first-order valence-corrected chi connectivity index (χ1v) is 5.01. The summed E-state index contributed by atoms with van der Waals surface area (Å²) in [6, 6.07) is 4.15. The van der Waals surface area contributed by atoms with Crippen LogP contribution in [0.1, 0.15) is 17.3 Å². The second-order valence-electron chi connectivity index (χ2n) is 2.68. The highest BCUT2D eigenvalue weighted by molar-refractivity contribution is 9.09. The summed E-state index contributed by atoms with van der Waals surface area (Å²) in [7, 11) is 0. The van der Waals surface area contributed by atoms with Crippen LogP contribution in [0, 0.1) is 5.82 Å². The Morgan fingerprint density at radius 1 is 1.62 bits per heavy atom.